The van der Waals surface area contributed by atoms with E-state index in [1.54, 1.807) is 17.8 Å². The summed E-state index contributed by atoms with van der Waals surface area (Å²) in [6.45, 7) is 4.07. The van der Waals surface area contributed by atoms with Crippen LogP contribution in [0, 0.1) is 5.92 Å². The van der Waals surface area contributed by atoms with Crippen LogP contribution in [-0.2, 0) is 10.5 Å². The lowest BCUT2D eigenvalue weighted by Gasteiger charge is -2.30. The Morgan fingerprint density at radius 1 is 1.30 bits per heavy atom. The number of likely N-dealkylation sites (tertiary alicyclic amines) is 1. The van der Waals surface area contributed by atoms with Gasteiger partial charge in [-0.1, -0.05) is 36.2 Å². The van der Waals surface area contributed by atoms with Gasteiger partial charge in [0, 0.05) is 18.8 Å². The zero-order chi connectivity index (χ0) is 14.5. The van der Waals surface area contributed by atoms with Gasteiger partial charge in [-0.2, -0.15) is 0 Å². The number of amides is 1. The third-order valence-electron chi connectivity index (χ3n) is 3.61. The van der Waals surface area contributed by atoms with Crippen LogP contribution in [0.15, 0.2) is 18.2 Å². The molecule has 1 aliphatic rings. The van der Waals surface area contributed by atoms with E-state index >= 15 is 0 Å². The third kappa shape index (κ3) is 4.57. The first-order valence-electron chi connectivity index (χ1n) is 6.85. The van der Waals surface area contributed by atoms with Crippen molar-refractivity contribution in [2.75, 3.05) is 18.8 Å². The molecule has 1 saturated heterocycles. The maximum Gasteiger partial charge on any atom is 0.232 e. The zero-order valence-corrected chi connectivity index (χ0v) is 13.9. The number of halogens is 2. The molecule has 0 atom stereocenters. The first-order valence-corrected chi connectivity index (χ1v) is 8.77. The standard InChI is InChI=1S/C15H19Cl2NOS/c1-11-4-6-18(7-5-11)15(19)10-20-9-12-2-3-13(16)14(17)8-12/h2-3,8,11H,4-7,9-10H2,1H3. The van der Waals surface area contributed by atoms with E-state index in [2.05, 4.69) is 6.92 Å². The average molecular weight is 332 g/mol. The number of piperidine rings is 1. The predicted octanol–water partition coefficient (Wildman–Crippen LogP) is 4.49. The van der Waals surface area contributed by atoms with Crippen molar-refractivity contribution in [1.82, 2.24) is 4.90 Å². The maximum absolute atomic E-state index is 12.1. The molecular weight excluding hydrogens is 313 g/mol. The molecule has 20 heavy (non-hydrogen) atoms. The minimum absolute atomic E-state index is 0.252. The van der Waals surface area contributed by atoms with Gasteiger partial charge in [-0.15, -0.1) is 11.8 Å². The number of hydrogen-bond donors (Lipinski definition) is 0. The van der Waals surface area contributed by atoms with Crippen LogP contribution >= 0.6 is 35.0 Å². The molecule has 1 aliphatic heterocycles. The molecule has 0 N–H and O–H groups in total. The molecule has 1 aromatic rings. The van der Waals surface area contributed by atoms with E-state index in [0.717, 1.165) is 43.2 Å². The first-order chi connectivity index (χ1) is 9.56. The van der Waals surface area contributed by atoms with Crippen molar-refractivity contribution >= 4 is 40.9 Å². The summed E-state index contributed by atoms with van der Waals surface area (Å²) >= 11 is 13.5. The van der Waals surface area contributed by atoms with Gasteiger partial charge in [0.05, 0.1) is 15.8 Å². The molecule has 1 fully saturated rings. The number of benzene rings is 1. The van der Waals surface area contributed by atoms with Crippen LogP contribution in [0.4, 0.5) is 0 Å². The van der Waals surface area contributed by atoms with E-state index in [9.17, 15) is 4.79 Å². The molecule has 0 radical (unpaired) electrons. The highest BCUT2D eigenvalue weighted by atomic mass is 35.5. The fourth-order valence-corrected chi connectivity index (χ4v) is 3.43. The van der Waals surface area contributed by atoms with Crippen molar-refractivity contribution in [3.05, 3.63) is 33.8 Å². The second-order valence-electron chi connectivity index (χ2n) is 5.30. The molecule has 2 nitrogen and oxygen atoms in total. The Balaban J connectivity index is 1.75. The first kappa shape index (κ1) is 16.0. The summed E-state index contributed by atoms with van der Waals surface area (Å²) in [4.78, 5) is 14.1. The Morgan fingerprint density at radius 2 is 2.00 bits per heavy atom. The van der Waals surface area contributed by atoms with Gasteiger partial charge < -0.3 is 4.90 Å². The molecule has 2 rings (SSSR count). The predicted molar refractivity (Wildman–Crippen MR) is 87.6 cm³/mol. The molecule has 0 unspecified atom stereocenters. The van der Waals surface area contributed by atoms with Gasteiger partial charge >= 0.3 is 0 Å². The number of rotatable bonds is 4. The fourth-order valence-electron chi connectivity index (χ4n) is 2.23. The van der Waals surface area contributed by atoms with Crippen LogP contribution in [0.3, 0.4) is 0 Å². The molecular formula is C15H19Cl2NOS. The number of hydrogen-bond acceptors (Lipinski definition) is 2. The molecule has 0 aliphatic carbocycles. The molecule has 1 heterocycles. The normalized spacial score (nSPS) is 16.4. The Morgan fingerprint density at radius 3 is 2.65 bits per heavy atom. The highest BCUT2D eigenvalue weighted by Crippen LogP contribution is 2.25. The van der Waals surface area contributed by atoms with Crippen LogP contribution in [-0.4, -0.2) is 29.6 Å². The van der Waals surface area contributed by atoms with Gasteiger partial charge in [0.15, 0.2) is 0 Å². The topological polar surface area (TPSA) is 20.3 Å². The van der Waals surface area contributed by atoms with Gasteiger partial charge in [0.1, 0.15) is 0 Å². The Kier molecular flexibility index (Phi) is 6.06. The maximum atomic E-state index is 12.1. The van der Waals surface area contributed by atoms with Gasteiger partial charge in [0.2, 0.25) is 5.91 Å². The summed E-state index contributed by atoms with van der Waals surface area (Å²) in [5.74, 6) is 2.33. The van der Waals surface area contributed by atoms with E-state index in [1.807, 2.05) is 17.0 Å². The van der Waals surface area contributed by atoms with E-state index in [1.165, 1.54) is 0 Å². The van der Waals surface area contributed by atoms with Crippen molar-refractivity contribution in [3.63, 3.8) is 0 Å². The van der Waals surface area contributed by atoms with Crippen LogP contribution in [0.25, 0.3) is 0 Å². The van der Waals surface area contributed by atoms with E-state index < -0.39 is 0 Å². The van der Waals surface area contributed by atoms with Crippen LogP contribution in [0.5, 0.6) is 0 Å². The molecule has 0 saturated carbocycles. The molecule has 1 aromatic carbocycles. The Bertz CT molecular complexity index is 473. The summed E-state index contributed by atoms with van der Waals surface area (Å²) in [7, 11) is 0. The summed E-state index contributed by atoms with van der Waals surface area (Å²) < 4.78 is 0. The van der Waals surface area contributed by atoms with Crippen molar-refractivity contribution < 1.29 is 4.79 Å². The van der Waals surface area contributed by atoms with Crippen molar-refractivity contribution in [3.8, 4) is 0 Å². The number of thioether (sulfide) groups is 1. The lowest BCUT2D eigenvalue weighted by molar-refractivity contribution is -0.129. The smallest absolute Gasteiger partial charge is 0.232 e. The number of nitrogens with zero attached hydrogens (tertiary/aromatic N) is 1. The second-order valence-corrected chi connectivity index (χ2v) is 7.10. The van der Waals surface area contributed by atoms with Crippen LogP contribution in [0.2, 0.25) is 10.0 Å². The number of carbonyl (C=O) groups excluding carboxylic acids is 1. The van der Waals surface area contributed by atoms with Crippen molar-refractivity contribution in [2.45, 2.75) is 25.5 Å². The lowest BCUT2D eigenvalue weighted by atomic mass is 9.99. The summed E-state index contributed by atoms with van der Waals surface area (Å²) in [5.41, 5.74) is 1.10. The number of carbonyl (C=O) groups is 1. The largest absolute Gasteiger partial charge is 0.342 e. The Labute approximate surface area is 134 Å². The average Bonchev–Trinajstić information content (AvgIpc) is 2.43. The van der Waals surface area contributed by atoms with Gasteiger partial charge in [-0.3, -0.25) is 4.79 Å². The zero-order valence-electron chi connectivity index (χ0n) is 11.6. The highest BCUT2D eigenvalue weighted by molar-refractivity contribution is 7.99. The van der Waals surface area contributed by atoms with E-state index in [-0.39, 0.29) is 5.91 Å². The molecule has 5 heteroatoms. The van der Waals surface area contributed by atoms with Crippen LogP contribution < -0.4 is 0 Å². The minimum Gasteiger partial charge on any atom is -0.342 e. The van der Waals surface area contributed by atoms with E-state index in [4.69, 9.17) is 23.2 Å². The summed E-state index contributed by atoms with van der Waals surface area (Å²) in [6, 6.07) is 5.62. The quantitative estimate of drug-likeness (QED) is 0.810. The lowest BCUT2D eigenvalue weighted by Crippen LogP contribution is -2.38. The van der Waals surface area contributed by atoms with Crippen LogP contribution in [0.1, 0.15) is 25.3 Å². The van der Waals surface area contributed by atoms with Crippen molar-refractivity contribution in [1.29, 1.82) is 0 Å². The third-order valence-corrected chi connectivity index (χ3v) is 5.34. The van der Waals surface area contributed by atoms with Gasteiger partial charge in [-0.25, -0.2) is 0 Å². The molecule has 0 aromatic heterocycles. The highest BCUT2D eigenvalue weighted by Gasteiger charge is 2.19. The molecule has 0 bridgehead atoms. The second kappa shape index (κ2) is 7.58. The summed E-state index contributed by atoms with van der Waals surface area (Å²) in [5, 5.41) is 1.14. The van der Waals surface area contributed by atoms with E-state index in [0.29, 0.717) is 15.8 Å². The van der Waals surface area contributed by atoms with Gasteiger partial charge in [0.25, 0.3) is 0 Å². The van der Waals surface area contributed by atoms with Gasteiger partial charge in [-0.05, 0) is 36.5 Å². The fraction of sp³-hybridized carbons (Fsp3) is 0.533. The molecule has 1 amide bonds. The Hall–Kier alpha value is -0.380. The molecule has 0 spiro atoms. The minimum atomic E-state index is 0.252. The SMILES string of the molecule is CC1CCN(C(=O)CSCc2ccc(Cl)c(Cl)c2)CC1. The summed E-state index contributed by atoms with van der Waals surface area (Å²) in [6.07, 6.45) is 2.26. The monoisotopic (exact) mass is 331 g/mol. The van der Waals surface area contributed by atoms with Crippen molar-refractivity contribution in [2.24, 2.45) is 5.92 Å². The molecule has 110 valence electrons.